The summed E-state index contributed by atoms with van der Waals surface area (Å²) in [6.45, 7) is 3.11. The lowest BCUT2D eigenvalue weighted by molar-refractivity contribution is -0.116. The molecule has 2 heterocycles. The number of pyridine rings is 1. The first-order valence-electron chi connectivity index (χ1n) is 4.74. The van der Waals surface area contributed by atoms with Crippen molar-refractivity contribution in [2.75, 3.05) is 29.9 Å². The van der Waals surface area contributed by atoms with Crippen LogP contribution in [0.1, 0.15) is 6.92 Å². The van der Waals surface area contributed by atoms with Gasteiger partial charge < -0.3 is 4.90 Å². The third-order valence-electron chi connectivity index (χ3n) is 2.52. The third kappa shape index (κ3) is 1.84. The average Bonchev–Trinajstić information content (AvgIpc) is 2.19. The van der Waals surface area contributed by atoms with Crippen molar-refractivity contribution in [2.24, 2.45) is 0 Å². The van der Waals surface area contributed by atoms with Crippen LogP contribution in [-0.4, -0.2) is 31.0 Å². The van der Waals surface area contributed by atoms with E-state index in [9.17, 15) is 4.79 Å². The molecule has 0 aromatic carbocycles. The molecule has 1 aliphatic heterocycles. The van der Waals surface area contributed by atoms with Crippen molar-refractivity contribution in [3.05, 3.63) is 16.7 Å². The van der Waals surface area contributed by atoms with Crippen molar-refractivity contribution in [2.45, 2.75) is 6.92 Å². The minimum absolute atomic E-state index is 0.0409. The van der Waals surface area contributed by atoms with Gasteiger partial charge in [0.1, 0.15) is 0 Å². The molecule has 0 saturated carbocycles. The van der Waals surface area contributed by atoms with Crippen LogP contribution in [0.25, 0.3) is 0 Å². The summed E-state index contributed by atoms with van der Waals surface area (Å²) < 4.78 is 0.929. The van der Waals surface area contributed by atoms with E-state index < -0.39 is 0 Å². The van der Waals surface area contributed by atoms with Crippen LogP contribution in [0.3, 0.4) is 0 Å². The summed E-state index contributed by atoms with van der Waals surface area (Å²) in [6.07, 6.45) is 1.72. The summed E-state index contributed by atoms with van der Waals surface area (Å²) in [5.41, 5.74) is 0.992. The van der Waals surface area contributed by atoms with Crippen molar-refractivity contribution in [1.29, 1.82) is 0 Å². The van der Waals surface area contributed by atoms with Gasteiger partial charge in [-0.1, -0.05) is 0 Å². The van der Waals surface area contributed by atoms with Crippen LogP contribution in [0.15, 0.2) is 16.7 Å². The Kier molecular flexibility index (Phi) is 2.65. The number of fused-ring (bicyclic) bond motifs is 1. The van der Waals surface area contributed by atoms with Gasteiger partial charge in [0.2, 0.25) is 5.91 Å². The van der Waals surface area contributed by atoms with Gasteiger partial charge in [-0.05, 0) is 22.0 Å². The van der Waals surface area contributed by atoms with Crippen molar-refractivity contribution < 1.29 is 4.79 Å². The van der Waals surface area contributed by atoms with E-state index in [1.165, 1.54) is 0 Å². The van der Waals surface area contributed by atoms with Gasteiger partial charge in [-0.15, -0.1) is 0 Å². The van der Waals surface area contributed by atoms with E-state index in [1.54, 1.807) is 18.0 Å². The number of carbonyl (C=O) groups excluding carboxylic acids is 1. The van der Waals surface area contributed by atoms with Crippen LogP contribution in [0.2, 0.25) is 0 Å². The number of hydrogen-bond acceptors (Lipinski definition) is 3. The number of carbonyl (C=O) groups is 1. The lowest BCUT2D eigenvalue weighted by atomic mass is 10.2. The molecule has 0 spiro atoms. The van der Waals surface area contributed by atoms with Crippen molar-refractivity contribution in [1.82, 2.24) is 4.98 Å². The highest BCUT2D eigenvalue weighted by Gasteiger charge is 2.24. The zero-order valence-corrected chi connectivity index (χ0v) is 10.3. The Morgan fingerprint density at radius 1 is 1.53 bits per heavy atom. The zero-order valence-electron chi connectivity index (χ0n) is 8.70. The molecular weight excluding hydrogens is 258 g/mol. The molecule has 0 N–H and O–H groups in total. The SMILES string of the molecule is CC(=O)N1CCN(C)c2cc(Br)cnc21. The fraction of sp³-hybridized carbons (Fsp3) is 0.400. The Labute approximate surface area is 97.0 Å². The van der Waals surface area contributed by atoms with Gasteiger partial charge in [0.05, 0.1) is 5.69 Å². The topological polar surface area (TPSA) is 36.4 Å². The van der Waals surface area contributed by atoms with Crippen LogP contribution in [0.4, 0.5) is 11.5 Å². The molecule has 1 aromatic heterocycles. The second-order valence-corrected chi connectivity index (χ2v) is 4.50. The molecule has 80 valence electrons. The van der Waals surface area contributed by atoms with E-state index in [0.29, 0.717) is 6.54 Å². The van der Waals surface area contributed by atoms with Crippen LogP contribution < -0.4 is 9.80 Å². The predicted octanol–water partition coefficient (Wildman–Crippen LogP) is 1.65. The van der Waals surface area contributed by atoms with Gasteiger partial charge in [-0.25, -0.2) is 4.98 Å². The molecule has 1 aromatic rings. The Balaban J connectivity index is 2.50. The molecule has 0 atom stereocenters. The summed E-state index contributed by atoms with van der Waals surface area (Å²) in [4.78, 5) is 19.5. The van der Waals surface area contributed by atoms with Gasteiger partial charge in [0.15, 0.2) is 5.82 Å². The van der Waals surface area contributed by atoms with E-state index in [-0.39, 0.29) is 5.91 Å². The number of halogens is 1. The smallest absolute Gasteiger partial charge is 0.225 e. The van der Waals surface area contributed by atoms with Crippen LogP contribution in [-0.2, 0) is 4.79 Å². The number of anilines is 2. The fourth-order valence-corrected chi connectivity index (χ4v) is 2.01. The van der Waals surface area contributed by atoms with E-state index in [0.717, 1.165) is 22.5 Å². The largest absolute Gasteiger partial charge is 0.370 e. The first-order valence-corrected chi connectivity index (χ1v) is 5.53. The maximum absolute atomic E-state index is 11.4. The number of hydrogen-bond donors (Lipinski definition) is 0. The van der Waals surface area contributed by atoms with Gasteiger partial charge in [0, 0.05) is 37.7 Å². The molecular formula is C10H12BrN3O. The van der Waals surface area contributed by atoms with Crippen LogP contribution >= 0.6 is 15.9 Å². The minimum atomic E-state index is 0.0409. The molecule has 0 bridgehead atoms. The van der Waals surface area contributed by atoms with E-state index >= 15 is 0 Å². The molecule has 0 fully saturated rings. The lowest BCUT2D eigenvalue weighted by Crippen LogP contribution is -2.42. The summed E-state index contributed by atoms with van der Waals surface area (Å²) >= 11 is 3.38. The Morgan fingerprint density at radius 2 is 2.27 bits per heavy atom. The quantitative estimate of drug-likeness (QED) is 0.719. The summed E-state index contributed by atoms with van der Waals surface area (Å²) in [5, 5.41) is 0. The van der Waals surface area contributed by atoms with E-state index in [1.807, 2.05) is 13.1 Å². The van der Waals surface area contributed by atoms with Crippen LogP contribution in [0.5, 0.6) is 0 Å². The Bertz CT molecular complexity index is 408. The highest BCUT2D eigenvalue weighted by atomic mass is 79.9. The summed E-state index contributed by atoms with van der Waals surface area (Å²) in [5.74, 6) is 0.790. The van der Waals surface area contributed by atoms with Crippen LogP contribution in [0, 0.1) is 0 Å². The number of aromatic nitrogens is 1. The highest BCUT2D eigenvalue weighted by molar-refractivity contribution is 9.10. The lowest BCUT2D eigenvalue weighted by Gasteiger charge is -2.34. The molecule has 1 amide bonds. The predicted molar refractivity (Wildman–Crippen MR) is 63.2 cm³/mol. The molecule has 4 nitrogen and oxygen atoms in total. The molecule has 1 aliphatic rings. The first-order chi connectivity index (χ1) is 7.09. The first kappa shape index (κ1) is 10.4. The van der Waals surface area contributed by atoms with Gasteiger partial charge in [-0.3, -0.25) is 9.69 Å². The number of nitrogens with zero attached hydrogens (tertiary/aromatic N) is 3. The maximum atomic E-state index is 11.4. The zero-order chi connectivity index (χ0) is 11.0. The summed E-state index contributed by atoms with van der Waals surface area (Å²) in [6, 6.07) is 1.98. The summed E-state index contributed by atoms with van der Waals surface area (Å²) in [7, 11) is 2.00. The molecule has 5 heteroatoms. The Hall–Kier alpha value is -1.10. The number of amides is 1. The third-order valence-corrected chi connectivity index (χ3v) is 2.95. The van der Waals surface area contributed by atoms with Gasteiger partial charge in [-0.2, -0.15) is 0 Å². The highest BCUT2D eigenvalue weighted by Crippen LogP contribution is 2.32. The second kappa shape index (κ2) is 3.81. The van der Waals surface area contributed by atoms with Crippen molar-refractivity contribution in [3.63, 3.8) is 0 Å². The molecule has 0 unspecified atom stereocenters. The molecule has 2 rings (SSSR count). The molecule has 15 heavy (non-hydrogen) atoms. The van der Waals surface area contributed by atoms with Gasteiger partial charge >= 0.3 is 0 Å². The maximum Gasteiger partial charge on any atom is 0.225 e. The number of likely N-dealkylation sites (N-methyl/N-ethyl adjacent to an activating group) is 1. The molecule has 0 saturated heterocycles. The Morgan fingerprint density at radius 3 is 2.93 bits per heavy atom. The normalized spacial score (nSPS) is 15.1. The standard InChI is InChI=1S/C10H12BrN3O/c1-7(15)14-4-3-13(2)9-5-8(11)6-12-10(9)14/h5-6H,3-4H2,1-2H3. The average molecular weight is 270 g/mol. The number of rotatable bonds is 0. The molecule has 0 radical (unpaired) electrons. The fourth-order valence-electron chi connectivity index (χ4n) is 1.69. The van der Waals surface area contributed by atoms with E-state index in [4.69, 9.17) is 0 Å². The monoisotopic (exact) mass is 269 g/mol. The van der Waals surface area contributed by atoms with E-state index in [2.05, 4.69) is 25.8 Å². The second-order valence-electron chi connectivity index (χ2n) is 3.59. The molecule has 0 aliphatic carbocycles. The minimum Gasteiger partial charge on any atom is -0.370 e. The van der Waals surface area contributed by atoms with Crippen molar-refractivity contribution >= 4 is 33.3 Å². The van der Waals surface area contributed by atoms with Gasteiger partial charge in [0.25, 0.3) is 0 Å². The van der Waals surface area contributed by atoms with Crippen molar-refractivity contribution in [3.8, 4) is 0 Å².